The van der Waals surface area contributed by atoms with E-state index in [0.717, 1.165) is 12.8 Å². The third kappa shape index (κ3) is 1.92. The number of hydrogen-bond acceptors (Lipinski definition) is 5. The number of ether oxygens (including phenoxy) is 2. The molecule has 1 heterocycles. The second kappa shape index (κ2) is 3.83. The van der Waals surface area contributed by atoms with Crippen molar-refractivity contribution in [3.8, 4) is 0 Å². The van der Waals surface area contributed by atoms with E-state index in [9.17, 15) is 15.0 Å². The smallest absolute Gasteiger partial charge is 0.225 e. The summed E-state index contributed by atoms with van der Waals surface area (Å²) in [5.74, 6) is -3.74. The fourth-order valence-electron chi connectivity index (χ4n) is 2.10. The number of hydrogen-bond donors (Lipinski definition) is 2. The van der Waals surface area contributed by atoms with Crippen molar-refractivity contribution >= 4 is 5.78 Å². The second-order valence-electron chi connectivity index (χ2n) is 4.19. The predicted octanol–water partition coefficient (Wildman–Crippen LogP) is -0.0564. The highest BCUT2D eigenvalue weighted by atomic mass is 16.7. The van der Waals surface area contributed by atoms with Gasteiger partial charge in [0.2, 0.25) is 11.6 Å². The summed E-state index contributed by atoms with van der Waals surface area (Å²) in [6.07, 6.45) is 1.87. The van der Waals surface area contributed by atoms with Gasteiger partial charge in [-0.25, -0.2) is 0 Å². The van der Waals surface area contributed by atoms with Gasteiger partial charge >= 0.3 is 0 Å². The van der Waals surface area contributed by atoms with Crippen molar-refractivity contribution in [2.75, 3.05) is 13.2 Å². The lowest BCUT2D eigenvalue weighted by Crippen LogP contribution is -2.61. The Labute approximate surface area is 88.0 Å². The van der Waals surface area contributed by atoms with Crippen LogP contribution in [0.15, 0.2) is 0 Å². The number of ketones is 1. The fourth-order valence-corrected chi connectivity index (χ4v) is 2.10. The normalized spacial score (nSPS) is 30.1. The largest absolute Gasteiger partial charge is 0.361 e. The molecule has 1 spiro atoms. The van der Waals surface area contributed by atoms with Crippen LogP contribution in [0.3, 0.4) is 0 Å². The van der Waals surface area contributed by atoms with Gasteiger partial charge in [0.25, 0.3) is 0 Å². The Morgan fingerprint density at radius 2 is 1.73 bits per heavy atom. The van der Waals surface area contributed by atoms with Gasteiger partial charge in [-0.15, -0.1) is 0 Å². The van der Waals surface area contributed by atoms with Gasteiger partial charge in [0.1, 0.15) is 5.78 Å². The number of Topliss-reactive ketones (excluding diaryl/α,β-unsaturated/α-hetero) is 1. The molecule has 0 radical (unpaired) electrons. The zero-order chi connectivity index (χ0) is 10.9. The van der Waals surface area contributed by atoms with Crippen LogP contribution in [0.4, 0.5) is 0 Å². The summed E-state index contributed by atoms with van der Waals surface area (Å²) in [7, 11) is 0. The average Bonchev–Trinajstić information content (AvgIpc) is 2.38. The molecule has 0 bridgehead atoms. The standard InChI is InChI=1S/C10H16O5/c11-8-3-4-10(9(12,13)7-8)14-5-1-2-6-15-10/h12-13H,1-7H2. The van der Waals surface area contributed by atoms with E-state index < -0.39 is 11.6 Å². The highest BCUT2D eigenvalue weighted by molar-refractivity contribution is 5.80. The molecule has 0 atom stereocenters. The first kappa shape index (κ1) is 11.0. The van der Waals surface area contributed by atoms with Crippen LogP contribution in [0.25, 0.3) is 0 Å². The molecule has 0 amide bonds. The first-order chi connectivity index (χ1) is 7.06. The summed E-state index contributed by atoms with van der Waals surface area (Å²) in [5, 5.41) is 19.7. The van der Waals surface area contributed by atoms with Crippen molar-refractivity contribution in [1.29, 1.82) is 0 Å². The van der Waals surface area contributed by atoms with Gasteiger partial charge in [-0.1, -0.05) is 0 Å². The molecule has 0 aromatic carbocycles. The van der Waals surface area contributed by atoms with E-state index >= 15 is 0 Å². The molecule has 0 aromatic heterocycles. The third-order valence-electron chi connectivity index (χ3n) is 3.00. The summed E-state index contributed by atoms with van der Waals surface area (Å²) in [4.78, 5) is 11.2. The zero-order valence-corrected chi connectivity index (χ0v) is 8.57. The van der Waals surface area contributed by atoms with Crippen LogP contribution in [-0.2, 0) is 14.3 Å². The van der Waals surface area contributed by atoms with Crippen molar-refractivity contribution in [3.05, 3.63) is 0 Å². The Balaban J connectivity index is 2.20. The molecule has 1 saturated carbocycles. The van der Waals surface area contributed by atoms with Crippen LogP contribution in [0.5, 0.6) is 0 Å². The Hall–Kier alpha value is -0.490. The minimum atomic E-state index is -2.19. The predicted molar refractivity (Wildman–Crippen MR) is 49.9 cm³/mol. The maximum atomic E-state index is 11.2. The van der Waals surface area contributed by atoms with Gasteiger partial charge in [0, 0.05) is 12.8 Å². The van der Waals surface area contributed by atoms with Crippen molar-refractivity contribution in [3.63, 3.8) is 0 Å². The molecule has 2 aliphatic rings. The molecule has 2 fully saturated rings. The highest BCUT2D eigenvalue weighted by Gasteiger charge is 2.56. The van der Waals surface area contributed by atoms with Crippen molar-refractivity contribution in [2.24, 2.45) is 0 Å². The van der Waals surface area contributed by atoms with Crippen LogP contribution in [-0.4, -0.2) is 40.8 Å². The Bertz CT molecular complexity index is 253. The van der Waals surface area contributed by atoms with Gasteiger partial charge in [-0.2, -0.15) is 0 Å². The number of aliphatic hydroxyl groups is 2. The molecular weight excluding hydrogens is 200 g/mol. The van der Waals surface area contributed by atoms with Gasteiger partial charge in [-0.3, -0.25) is 4.79 Å². The van der Waals surface area contributed by atoms with Crippen LogP contribution >= 0.6 is 0 Å². The summed E-state index contributed by atoms with van der Waals surface area (Å²) in [5.41, 5.74) is 0. The monoisotopic (exact) mass is 216 g/mol. The first-order valence-corrected chi connectivity index (χ1v) is 5.30. The van der Waals surface area contributed by atoms with Crippen molar-refractivity contribution < 1.29 is 24.5 Å². The molecule has 1 aliphatic heterocycles. The van der Waals surface area contributed by atoms with Gasteiger partial charge in [0.15, 0.2) is 0 Å². The minimum absolute atomic E-state index is 0.165. The molecule has 86 valence electrons. The van der Waals surface area contributed by atoms with Crippen molar-refractivity contribution in [1.82, 2.24) is 0 Å². The number of carbonyl (C=O) groups excluding carboxylic acids is 1. The third-order valence-corrected chi connectivity index (χ3v) is 3.00. The quantitative estimate of drug-likeness (QED) is 0.555. The molecule has 2 rings (SSSR count). The van der Waals surface area contributed by atoms with Crippen LogP contribution in [0.2, 0.25) is 0 Å². The molecule has 5 heteroatoms. The molecule has 1 aliphatic carbocycles. The summed E-state index contributed by atoms with van der Waals surface area (Å²) in [6, 6.07) is 0. The van der Waals surface area contributed by atoms with E-state index in [4.69, 9.17) is 9.47 Å². The summed E-state index contributed by atoms with van der Waals surface area (Å²) >= 11 is 0. The van der Waals surface area contributed by atoms with Gasteiger partial charge in [-0.05, 0) is 12.8 Å². The van der Waals surface area contributed by atoms with E-state index in [2.05, 4.69) is 0 Å². The highest BCUT2D eigenvalue weighted by Crippen LogP contribution is 2.39. The van der Waals surface area contributed by atoms with E-state index in [0.29, 0.717) is 13.2 Å². The zero-order valence-electron chi connectivity index (χ0n) is 8.57. The lowest BCUT2D eigenvalue weighted by Gasteiger charge is -2.44. The topological polar surface area (TPSA) is 76.0 Å². The average molecular weight is 216 g/mol. The maximum Gasteiger partial charge on any atom is 0.225 e. The summed E-state index contributed by atoms with van der Waals surface area (Å²) in [6.45, 7) is 0.883. The molecule has 15 heavy (non-hydrogen) atoms. The number of carbonyl (C=O) groups is 1. The van der Waals surface area contributed by atoms with Crippen LogP contribution < -0.4 is 0 Å². The molecule has 0 unspecified atom stereocenters. The van der Waals surface area contributed by atoms with Crippen LogP contribution in [0.1, 0.15) is 32.1 Å². The number of rotatable bonds is 0. The SMILES string of the molecule is O=C1CCC2(OCCCCO2)C(O)(O)C1. The van der Waals surface area contributed by atoms with E-state index in [-0.39, 0.29) is 25.0 Å². The Kier molecular flexibility index (Phi) is 2.81. The first-order valence-electron chi connectivity index (χ1n) is 5.30. The molecular formula is C10H16O5. The molecule has 0 aromatic rings. The second-order valence-corrected chi connectivity index (χ2v) is 4.19. The van der Waals surface area contributed by atoms with E-state index in [1.807, 2.05) is 0 Å². The maximum absolute atomic E-state index is 11.2. The van der Waals surface area contributed by atoms with Gasteiger partial charge in [0.05, 0.1) is 19.6 Å². The molecule has 5 nitrogen and oxygen atoms in total. The molecule has 2 N–H and O–H groups in total. The lowest BCUT2D eigenvalue weighted by molar-refractivity contribution is -0.387. The fraction of sp³-hybridized carbons (Fsp3) is 0.900. The molecule has 1 saturated heterocycles. The minimum Gasteiger partial charge on any atom is -0.361 e. The lowest BCUT2D eigenvalue weighted by atomic mass is 9.87. The summed E-state index contributed by atoms with van der Waals surface area (Å²) < 4.78 is 10.8. The Morgan fingerprint density at radius 3 is 2.27 bits per heavy atom. The Morgan fingerprint density at radius 1 is 1.13 bits per heavy atom. The van der Waals surface area contributed by atoms with E-state index in [1.54, 1.807) is 0 Å². The van der Waals surface area contributed by atoms with Crippen molar-refractivity contribution in [2.45, 2.75) is 43.7 Å². The van der Waals surface area contributed by atoms with E-state index in [1.165, 1.54) is 0 Å². The van der Waals surface area contributed by atoms with Gasteiger partial charge < -0.3 is 19.7 Å². The van der Waals surface area contributed by atoms with Crippen LogP contribution in [0, 0.1) is 0 Å².